The number of aliphatic hydroxyl groups excluding tert-OH is 1. The van der Waals surface area contributed by atoms with Gasteiger partial charge in [-0.25, -0.2) is 0 Å². The van der Waals surface area contributed by atoms with Gasteiger partial charge in [0.2, 0.25) is 0 Å². The molecule has 0 heterocycles. The fourth-order valence-electron chi connectivity index (χ4n) is 0.546. The third-order valence-electron chi connectivity index (χ3n) is 0.852. The summed E-state index contributed by atoms with van der Waals surface area (Å²) in [7, 11) is 0. The second-order valence-corrected chi connectivity index (χ2v) is 2.49. The van der Waals surface area contributed by atoms with E-state index in [-0.39, 0.29) is 11.5 Å². The summed E-state index contributed by atoms with van der Waals surface area (Å²) >= 11 is 1.27. The predicted molar refractivity (Wildman–Crippen MR) is 39.5 cm³/mol. The molecule has 0 aliphatic carbocycles. The molecule has 0 aromatic rings. The van der Waals surface area contributed by atoms with Crippen molar-refractivity contribution in [3.05, 3.63) is 10.7 Å². The Balaban J connectivity index is 4.35. The van der Waals surface area contributed by atoms with Gasteiger partial charge in [-0.2, -0.15) is 0 Å². The number of hydrogen-bond acceptors (Lipinski definition) is 3. The SMILES string of the molecule is CSC(C(C)=O)=C(C)O. The summed E-state index contributed by atoms with van der Waals surface area (Å²) in [4.78, 5) is 11.0. The molecular weight excluding hydrogens is 136 g/mol. The Bertz CT molecular complexity index is 145. The second kappa shape index (κ2) is 3.56. The van der Waals surface area contributed by atoms with Gasteiger partial charge in [0, 0.05) is 0 Å². The number of aliphatic hydroxyl groups is 1. The zero-order chi connectivity index (χ0) is 7.44. The molecule has 0 unspecified atom stereocenters. The van der Waals surface area contributed by atoms with Crippen molar-refractivity contribution in [1.82, 2.24) is 0 Å². The molecule has 0 atom stereocenters. The van der Waals surface area contributed by atoms with Crippen molar-refractivity contribution in [3.63, 3.8) is 0 Å². The van der Waals surface area contributed by atoms with Gasteiger partial charge in [0.1, 0.15) is 5.76 Å². The Morgan fingerprint density at radius 3 is 1.89 bits per heavy atom. The highest BCUT2D eigenvalue weighted by Crippen LogP contribution is 2.15. The number of ketones is 1. The zero-order valence-electron chi connectivity index (χ0n) is 5.76. The molecule has 0 rings (SSSR count). The lowest BCUT2D eigenvalue weighted by Crippen LogP contribution is -1.94. The fourth-order valence-corrected chi connectivity index (χ4v) is 1.13. The molecule has 1 N–H and O–H groups in total. The maximum Gasteiger partial charge on any atom is 0.169 e. The molecule has 2 nitrogen and oxygen atoms in total. The minimum atomic E-state index is -0.0810. The third-order valence-corrected chi connectivity index (χ3v) is 1.84. The molecule has 0 aromatic carbocycles. The van der Waals surface area contributed by atoms with Crippen molar-refractivity contribution < 1.29 is 9.90 Å². The number of thioether (sulfide) groups is 1. The van der Waals surface area contributed by atoms with Crippen molar-refractivity contribution in [2.75, 3.05) is 6.26 Å². The van der Waals surface area contributed by atoms with E-state index in [1.54, 1.807) is 6.26 Å². The first-order valence-corrected chi connectivity index (χ1v) is 3.76. The lowest BCUT2D eigenvalue weighted by atomic mass is 10.4. The van der Waals surface area contributed by atoms with Gasteiger partial charge in [0.05, 0.1) is 4.91 Å². The maximum atomic E-state index is 10.6. The van der Waals surface area contributed by atoms with E-state index in [0.717, 1.165) is 0 Å². The zero-order valence-corrected chi connectivity index (χ0v) is 6.58. The van der Waals surface area contributed by atoms with E-state index < -0.39 is 0 Å². The summed E-state index contributed by atoms with van der Waals surface area (Å²) < 4.78 is 0. The molecule has 0 fully saturated rings. The van der Waals surface area contributed by atoms with Crippen molar-refractivity contribution in [3.8, 4) is 0 Å². The molecule has 0 saturated carbocycles. The van der Waals surface area contributed by atoms with Crippen molar-refractivity contribution >= 4 is 17.5 Å². The molecule has 3 heteroatoms. The van der Waals surface area contributed by atoms with Crippen LogP contribution in [0.5, 0.6) is 0 Å². The molecule has 0 radical (unpaired) electrons. The Morgan fingerprint density at radius 1 is 1.44 bits per heavy atom. The van der Waals surface area contributed by atoms with Crippen LogP contribution in [-0.2, 0) is 4.79 Å². The minimum absolute atomic E-state index is 0.0810. The van der Waals surface area contributed by atoms with Crippen molar-refractivity contribution in [2.24, 2.45) is 0 Å². The summed E-state index contributed by atoms with van der Waals surface area (Å²) in [5, 5.41) is 8.82. The van der Waals surface area contributed by atoms with Crippen LogP contribution in [0, 0.1) is 0 Å². The van der Waals surface area contributed by atoms with Crippen LogP contribution in [0.25, 0.3) is 0 Å². The fraction of sp³-hybridized carbons (Fsp3) is 0.500. The largest absolute Gasteiger partial charge is 0.511 e. The van der Waals surface area contributed by atoms with Crippen LogP contribution in [0.2, 0.25) is 0 Å². The van der Waals surface area contributed by atoms with Crippen LogP contribution in [0.3, 0.4) is 0 Å². The lowest BCUT2D eigenvalue weighted by molar-refractivity contribution is -0.113. The quantitative estimate of drug-likeness (QED) is 0.476. The van der Waals surface area contributed by atoms with E-state index >= 15 is 0 Å². The molecular formula is C6H10O2S. The normalized spacial score (nSPS) is 12.8. The topological polar surface area (TPSA) is 37.3 Å². The Morgan fingerprint density at radius 2 is 1.89 bits per heavy atom. The van der Waals surface area contributed by atoms with E-state index in [4.69, 9.17) is 5.11 Å². The minimum Gasteiger partial charge on any atom is -0.511 e. The lowest BCUT2D eigenvalue weighted by Gasteiger charge is -1.97. The molecule has 0 aromatic heterocycles. The molecule has 0 saturated heterocycles. The maximum absolute atomic E-state index is 10.6. The summed E-state index contributed by atoms with van der Waals surface area (Å²) in [6.45, 7) is 2.94. The van der Waals surface area contributed by atoms with Gasteiger partial charge in [-0.05, 0) is 20.1 Å². The summed E-state index contributed by atoms with van der Waals surface area (Å²) in [5.41, 5.74) is 0. The summed E-state index contributed by atoms with van der Waals surface area (Å²) in [6, 6.07) is 0. The summed E-state index contributed by atoms with van der Waals surface area (Å²) in [5.74, 6) is 0.0255. The highest BCUT2D eigenvalue weighted by Gasteiger charge is 2.04. The van der Waals surface area contributed by atoms with Gasteiger partial charge in [-0.3, -0.25) is 4.79 Å². The first-order valence-electron chi connectivity index (χ1n) is 2.54. The van der Waals surface area contributed by atoms with Gasteiger partial charge in [0.25, 0.3) is 0 Å². The van der Waals surface area contributed by atoms with E-state index in [0.29, 0.717) is 4.91 Å². The number of rotatable bonds is 2. The molecule has 0 amide bonds. The number of carbonyl (C=O) groups is 1. The van der Waals surface area contributed by atoms with Crippen molar-refractivity contribution in [2.45, 2.75) is 13.8 Å². The third kappa shape index (κ3) is 2.56. The molecule has 0 spiro atoms. The Hall–Kier alpha value is -0.440. The van der Waals surface area contributed by atoms with Crippen LogP contribution >= 0.6 is 11.8 Å². The molecule has 0 aliphatic rings. The van der Waals surface area contributed by atoms with Crippen LogP contribution in [0.15, 0.2) is 10.7 Å². The van der Waals surface area contributed by atoms with E-state index in [2.05, 4.69) is 0 Å². The predicted octanol–water partition coefficient (Wildman–Crippen LogP) is 1.73. The molecule has 0 aliphatic heterocycles. The highest BCUT2D eigenvalue weighted by atomic mass is 32.2. The molecule has 0 bridgehead atoms. The first kappa shape index (κ1) is 8.56. The molecule has 52 valence electrons. The van der Waals surface area contributed by atoms with Crippen LogP contribution in [-0.4, -0.2) is 17.1 Å². The summed E-state index contributed by atoms with van der Waals surface area (Å²) in [6.07, 6.45) is 1.76. The Labute approximate surface area is 59.0 Å². The number of hydrogen-bond donors (Lipinski definition) is 1. The van der Waals surface area contributed by atoms with Crippen LogP contribution in [0.1, 0.15) is 13.8 Å². The van der Waals surface area contributed by atoms with Gasteiger partial charge < -0.3 is 5.11 Å². The second-order valence-electron chi connectivity index (χ2n) is 1.67. The van der Waals surface area contributed by atoms with Crippen LogP contribution in [0.4, 0.5) is 0 Å². The Kier molecular flexibility index (Phi) is 3.39. The average Bonchev–Trinajstić information content (AvgIpc) is 1.64. The van der Waals surface area contributed by atoms with Gasteiger partial charge in [-0.1, -0.05) is 0 Å². The van der Waals surface area contributed by atoms with Gasteiger partial charge >= 0.3 is 0 Å². The molecule has 9 heavy (non-hydrogen) atoms. The van der Waals surface area contributed by atoms with Gasteiger partial charge in [0.15, 0.2) is 5.78 Å². The number of allylic oxidation sites excluding steroid dienone is 2. The van der Waals surface area contributed by atoms with Gasteiger partial charge in [-0.15, -0.1) is 11.8 Å². The number of carbonyl (C=O) groups excluding carboxylic acids is 1. The smallest absolute Gasteiger partial charge is 0.169 e. The first-order chi connectivity index (χ1) is 4.09. The monoisotopic (exact) mass is 146 g/mol. The van der Waals surface area contributed by atoms with E-state index in [9.17, 15) is 4.79 Å². The van der Waals surface area contributed by atoms with Crippen molar-refractivity contribution in [1.29, 1.82) is 0 Å². The standard InChI is InChI=1S/C6H10O2S/c1-4(7)6(9-3)5(2)8/h7H,1-3H3. The van der Waals surface area contributed by atoms with E-state index in [1.807, 2.05) is 0 Å². The number of Topliss-reactive ketones (excluding diaryl/α,β-unsaturated/α-hetero) is 1. The highest BCUT2D eigenvalue weighted by molar-refractivity contribution is 8.03. The average molecular weight is 146 g/mol. The van der Waals surface area contributed by atoms with E-state index in [1.165, 1.54) is 25.6 Å². The van der Waals surface area contributed by atoms with Crippen LogP contribution < -0.4 is 0 Å².